The van der Waals surface area contributed by atoms with Gasteiger partial charge in [-0.05, 0) is 25.0 Å². The van der Waals surface area contributed by atoms with Crippen molar-refractivity contribution in [2.45, 2.75) is 25.0 Å². The third kappa shape index (κ3) is 2.60. The van der Waals surface area contributed by atoms with E-state index in [4.69, 9.17) is 30.5 Å². The Hall–Kier alpha value is -0.970. The van der Waals surface area contributed by atoms with Gasteiger partial charge in [-0.3, -0.25) is 0 Å². The number of alkyl halides is 1. The first-order chi connectivity index (χ1) is 9.86. The maximum absolute atomic E-state index is 5.94. The molecule has 1 saturated heterocycles. The minimum absolute atomic E-state index is 0.557. The number of halogens is 1. The van der Waals surface area contributed by atoms with Gasteiger partial charge in [-0.2, -0.15) is 0 Å². The normalized spacial score (nSPS) is 20.1. The van der Waals surface area contributed by atoms with Crippen LogP contribution in [0.15, 0.2) is 18.2 Å². The summed E-state index contributed by atoms with van der Waals surface area (Å²) in [5, 5.41) is 0. The number of benzene rings is 1. The van der Waals surface area contributed by atoms with E-state index < -0.39 is 5.79 Å². The Kier molecular flexibility index (Phi) is 4.34. The lowest BCUT2D eigenvalue weighted by molar-refractivity contribution is -0.173. The molecule has 2 aliphatic rings. The van der Waals surface area contributed by atoms with Crippen molar-refractivity contribution in [1.82, 2.24) is 0 Å². The minimum atomic E-state index is -0.710. The van der Waals surface area contributed by atoms with Gasteiger partial charge in [0.05, 0.1) is 18.8 Å². The van der Waals surface area contributed by atoms with Crippen LogP contribution in [0.3, 0.4) is 0 Å². The molecule has 0 saturated carbocycles. The van der Waals surface area contributed by atoms with Crippen molar-refractivity contribution in [2.75, 3.05) is 32.3 Å². The maximum Gasteiger partial charge on any atom is 0.198 e. The molecule has 0 aliphatic carbocycles. The fourth-order valence-corrected chi connectivity index (χ4v) is 2.90. The number of rotatable bonds is 5. The van der Waals surface area contributed by atoms with Crippen LogP contribution in [0.4, 0.5) is 0 Å². The van der Waals surface area contributed by atoms with E-state index in [1.807, 2.05) is 18.2 Å². The molecule has 0 atom stereocenters. The molecule has 0 amide bonds. The van der Waals surface area contributed by atoms with Crippen LogP contribution < -0.4 is 9.47 Å². The zero-order valence-electron chi connectivity index (χ0n) is 11.4. The van der Waals surface area contributed by atoms with Gasteiger partial charge >= 0.3 is 0 Å². The largest absolute Gasteiger partial charge is 0.486 e. The van der Waals surface area contributed by atoms with E-state index in [-0.39, 0.29) is 0 Å². The van der Waals surface area contributed by atoms with Gasteiger partial charge in [0.1, 0.15) is 13.2 Å². The summed E-state index contributed by atoms with van der Waals surface area (Å²) >= 11 is 5.77. The van der Waals surface area contributed by atoms with Gasteiger partial charge in [-0.15, -0.1) is 11.6 Å². The molecule has 0 N–H and O–H groups in total. The number of hydrogen-bond acceptors (Lipinski definition) is 4. The molecule has 0 unspecified atom stereocenters. The van der Waals surface area contributed by atoms with E-state index in [1.54, 1.807) is 0 Å². The Morgan fingerprint density at radius 3 is 2.60 bits per heavy atom. The van der Waals surface area contributed by atoms with Gasteiger partial charge in [0.25, 0.3) is 0 Å². The third-order valence-electron chi connectivity index (χ3n) is 3.62. The first-order valence-corrected chi connectivity index (χ1v) is 7.62. The first-order valence-electron chi connectivity index (χ1n) is 7.09. The van der Waals surface area contributed by atoms with Crippen molar-refractivity contribution in [3.05, 3.63) is 23.8 Å². The van der Waals surface area contributed by atoms with Crippen molar-refractivity contribution in [3.8, 4) is 11.5 Å². The Bertz CT molecular complexity index is 457. The van der Waals surface area contributed by atoms with Gasteiger partial charge in [0, 0.05) is 12.3 Å². The SMILES string of the molecule is ClCCCCC1(c2cccc3c2OCCO3)OCCO1. The minimum Gasteiger partial charge on any atom is -0.486 e. The molecule has 5 heteroatoms. The summed E-state index contributed by atoms with van der Waals surface area (Å²) in [6.07, 6.45) is 2.68. The molecular formula is C15H19ClO4. The molecule has 1 aromatic rings. The summed E-state index contributed by atoms with van der Waals surface area (Å²) in [4.78, 5) is 0. The van der Waals surface area contributed by atoms with Crippen molar-refractivity contribution in [2.24, 2.45) is 0 Å². The Balaban J connectivity index is 1.91. The molecule has 1 aromatic carbocycles. The van der Waals surface area contributed by atoms with E-state index in [9.17, 15) is 0 Å². The predicted octanol–water partition coefficient (Wildman–Crippen LogP) is 3.07. The van der Waals surface area contributed by atoms with Gasteiger partial charge in [-0.1, -0.05) is 6.07 Å². The number of hydrogen-bond donors (Lipinski definition) is 0. The summed E-state index contributed by atoms with van der Waals surface area (Å²) in [6.45, 7) is 2.34. The Morgan fingerprint density at radius 1 is 1.00 bits per heavy atom. The highest BCUT2D eigenvalue weighted by atomic mass is 35.5. The molecule has 3 rings (SSSR count). The number of para-hydroxylation sites is 1. The fourth-order valence-electron chi connectivity index (χ4n) is 2.72. The average molecular weight is 299 g/mol. The average Bonchev–Trinajstić information content (AvgIpc) is 2.97. The molecule has 0 radical (unpaired) electrons. The molecule has 0 aromatic heterocycles. The molecule has 0 spiro atoms. The maximum atomic E-state index is 5.94. The molecule has 2 heterocycles. The highest BCUT2D eigenvalue weighted by Gasteiger charge is 2.41. The van der Waals surface area contributed by atoms with E-state index in [0.717, 1.165) is 36.3 Å². The van der Waals surface area contributed by atoms with Gasteiger partial charge in [0.2, 0.25) is 0 Å². The van der Waals surface area contributed by atoms with Crippen LogP contribution in [0, 0.1) is 0 Å². The summed E-state index contributed by atoms with van der Waals surface area (Å²) < 4.78 is 23.3. The van der Waals surface area contributed by atoms with Crippen LogP contribution in [-0.4, -0.2) is 32.3 Å². The second-order valence-electron chi connectivity index (χ2n) is 4.93. The van der Waals surface area contributed by atoms with Crippen molar-refractivity contribution < 1.29 is 18.9 Å². The van der Waals surface area contributed by atoms with Crippen LogP contribution in [0.1, 0.15) is 24.8 Å². The highest BCUT2D eigenvalue weighted by molar-refractivity contribution is 6.17. The molecule has 0 bridgehead atoms. The molecule has 1 fully saturated rings. The zero-order valence-corrected chi connectivity index (χ0v) is 12.2. The monoisotopic (exact) mass is 298 g/mol. The lowest BCUT2D eigenvalue weighted by atomic mass is 9.98. The second-order valence-corrected chi connectivity index (χ2v) is 5.30. The number of fused-ring (bicyclic) bond motifs is 1. The third-order valence-corrected chi connectivity index (χ3v) is 3.89. The molecule has 20 heavy (non-hydrogen) atoms. The van der Waals surface area contributed by atoms with E-state index >= 15 is 0 Å². The molecule has 2 aliphatic heterocycles. The van der Waals surface area contributed by atoms with Gasteiger partial charge in [0.15, 0.2) is 17.3 Å². The van der Waals surface area contributed by atoms with E-state index in [0.29, 0.717) is 32.3 Å². The summed E-state index contributed by atoms with van der Waals surface area (Å²) in [5.41, 5.74) is 0.932. The fraction of sp³-hybridized carbons (Fsp3) is 0.600. The molecule has 110 valence electrons. The predicted molar refractivity (Wildman–Crippen MR) is 75.6 cm³/mol. The highest BCUT2D eigenvalue weighted by Crippen LogP contribution is 2.45. The topological polar surface area (TPSA) is 36.9 Å². The quantitative estimate of drug-likeness (QED) is 0.618. The lowest BCUT2D eigenvalue weighted by Crippen LogP contribution is -2.29. The molecular weight excluding hydrogens is 280 g/mol. The lowest BCUT2D eigenvalue weighted by Gasteiger charge is -2.31. The van der Waals surface area contributed by atoms with E-state index in [1.165, 1.54) is 0 Å². The second kappa shape index (κ2) is 6.20. The zero-order chi connectivity index (χ0) is 13.8. The van der Waals surface area contributed by atoms with Crippen molar-refractivity contribution in [3.63, 3.8) is 0 Å². The number of unbranched alkanes of at least 4 members (excludes halogenated alkanes) is 1. The summed E-state index contributed by atoms with van der Waals surface area (Å²) in [5.74, 6) is 1.47. The Morgan fingerprint density at radius 2 is 1.80 bits per heavy atom. The van der Waals surface area contributed by atoms with Gasteiger partial charge < -0.3 is 18.9 Å². The van der Waals surface area contributed by atoms with Crippen LogP contribution in [-0.2, 0) is 15.3 Å². The summed E-state index contributed by atoms with van der Waals surface area (Å²) in [7, 11) is 0. The van der Waals surface area contributed by atoms with E-state index in [2.05, 4.69) is 0 Å². The van der Waals surface area contributed by atoms with Crippen molar-refractivity contribution in [1.29, 1.82) is 0 Å². The first kappa shape index (κ1) is 14.0. The van der Waals surface area contributed by atoms with Crippen molar-refractivity contribution >= 4 is 11.6 Å². The standard InChI is InChI=1S/C15H19ClO4/c16-7-2-1-6-15(19-10-11-20-15)12-4-3-5-13-14(12)18-9-8-17-13/h3-5H,1-2,6-11H2. The van der Waals surface area contributed by atoms with Crippen LogP contribution in [0.5, 0.6) is 11.5 Å². The molecule has 4 nitrogen and oxygen atoms in total. The van der Waals surface area contributed by atoms with Crippen LogP contribution in [0.25, 0.3) is 0 Å². The van der Waals surface area contributed by atoms with Gasteiger partial charge in [-0.25, -0.2) is 0 Å². The van der Waals surface area contributed by atoms with Crippen LogP contribution in [0.2, 0.25) is 0 Å². The number of ether oxygens (including phenoxy) is 4. The summed E-state index contributed by atoms with van der Waals surface area (Å²) in [6, 6.07) is 5.87. The van der Waals surface area contributed by atoms with Crippen LogP contribution >= 0.6 is 11.6 Å². The smallest absolute Gasteiger partial charge is 0.198 e. The Labute approximate surface area is 123 Å².